The summed E-state index contributed by atoms with van der Waals surface area (Å²) in [7, 11) is 0. The number of benzene rings is 1. The van der Waals surface area contributed by atoms with Gasteiger partial charge in [0, 0.05) is 43.4 Å². The van der Waals surface area contributed by atoms with Crippen LogP contribution in [0.15, 0.2) is 18.2 Å². The molecule has 1 aliphatic heterocycles. The maximum Gasteiger partial charge on any atom is 0.0900 e. The van der Waals surface area contributed by atoms with Gasteiger partial charge in [0.1, 0.15) is 0 Å². The van der Waals surface area contributed by atoms with E-state index in [-0.39, 0.29) is 0 Å². The number of aliphatic hydroxyl groups is 1. The van der Waals surface area contributed by atoms with E-state index >= 15 is 0 Å². The fourth-order valence-corrected chi connectivity index (χ4v) is 5.15. The molecular weight excluding hydrogens is 384 g/mol. The molecule has 0 spiro atoms. The van der Waals surface area contributed by atoms with Crippen LogP contribution < -0.4 is 4.90 Å². The van der Waals surface area contributed by atoms with Crippen LogP contribution in [0.25, 0.3) is 0 Å². The van der Waals surface area contributed by atoms with E-state index in [9.17, 15) is 5.11 Å². The van der Waals surface area contributed by atoms with Crippen LogP contribution in [-0.2, 0) is 4.74 Å². The minimum Gasteiger partial charge on any atom is -0.389 e. The van der Waals surface area contributed by atoms with Gasteiger partial charge in [-0.2, -0.15) is 0 Å². The average molecular weight is 423 g/mol. The lowest BCUT2D eigenvalue weighted by Crippen LogP contribution is -2.49. The molecule has 1 saturated carbocycles. The van der Waals surface area contributed by atoms with Gasteiger partial charge >= 0.3 is 0 Å². The summed E-state index contributed by atoms with van der Waals surface area (Å²) in [4.78, 5) is 4.76. The summed E-state index contributed by atoms with van der Waals surface area (Å²) in [6.45, 7) is 14.0. The number of aryl methyl sites for hydroxylation is 1. The molecule has 3 rings (SSSR count). The van der Waals surface area contributed by atoms with E-state index < -0.39 is 6.10 Å². The van der Waals surface area contributed by atoms with Crippen molar-refractivity contribution >= 4 is 17.3 Å². The Morgan fingerprint density at radius 3 is 2.59 bits per heavy atom. The molecular formula is C24H39ClN2O2. The normalized spacial score (nSPS) is 27.4. The van der Waals surface area contributed by atoms with Crippen molar-refractivity contribution in [2.24, 2.45) is 17.8 Å². The second-order valence-corrected chi connectivity index (χ2v) is 10.0. The standard InChI is InChI=1S/C24H39ClN2O2/c1-17(2)22-8-5-18(3)13-24(22)29-16-21(28)15-26-9-11-27(12-10-26)23-14-20(25)7-6-19(23)4/h6-7,14,17-18,21-22,24,28H,5,8-13,15-16H2,1-4H3/t18-,21-,22-,24+/m1/s1. The van der Waals surface area contributed by atoms with E-state index in [1.807, 2.05) is 6.07 Å². The predicted octanol–water partition coefficient (Wildman–Crippen LogP) is 4.61. The van der Waals surface area contributed by atoms with Gasteiger partial charge < -0.3 is 14.7 Å². The van der Waals surface area contributed by atoms with Gasteiger partial charge in [0.25, 0.3) is 0 Å². The molecule has 4 nitrogen and oxygen atoms in total. The zero-order chi connectivity index (χ0) is 21.0. The highest BCUT2D eigenvalue weighted by atomic mass is 35.5. The number of hydrogen-bond acceptors (Lipinski definition) is 4. The van der Waals surface area contributed by atoms with Gasteiger partial charge in [0.05, 0.1) is 18.8 Å². The van der Waals surface area contributed by atoms with Gasteiger partial charge in [0.2, 0.25) is 0 Å². The van der Waals surface area contributed by atoms with Gasteiger partial charge in [-0.15, -0.1) is 0 Å². The van der Waals surface area contributed by atoms with E-state index in [4.69, 9.17) is 16.3 Å². The van der Waals surface area contributed by atoms with E-state index in [2.05, 4.69) is 49.6 Å². The van der Waals surface area contributed by atoms with E-state index in [1.54, 1.807) is 0 Å². The molecule has 0 radical (unpaired) electrons. The molecule has 5 heteroatoms. The molecule has 2 aliphatic rings. The Balaban J connectivity index is 1.43. The Morgan fingerprint density at radius 1 is 1.17 bits per heavy atom. The van der Waals surface area contributed by atoms with Crippen molar-refractivity contribution in [2.45, 2.75) is 59.2 Å². The summed E-state index contributed by atoms with van der Waals surface area (Å²) in [5.41, 5.74) is 2.49. The van der Waals surface area contributed by atoms with Crippen molar-refractivity contribution in [3.05, 3.63) is 28.8 Å². The molecule has 0 unspecified atom stereocenters. The maximum atomic E-state index is 10.6. The van der Waals surface area contributed by atoms with Crippen molar-refractivity contribution in [1.82, 2.24) is 4.90 Å². The van der Waals surface area contributed by atoms with Crippen LogP contribution in [0.1, 0.15) is 45.6 Å². The van der Waals surface area contributed by atoms with Crippen molar-refractivity contribution in [3.8, 4) is 0 Å². The van der Waals surface area contributed by atoms with Crippen molar-refractivity contribution in [1.29, 1.82) is 0 Å². The fraction of sp³-hybridized carbons (Fsp3) is 0.750. The third kappa shape index (κ3) is 6.33. The molecule has 1 heterocycles. The number of piperazine rings is 1. The number of halogens is 1. The average Bonchev–Trinajstić information content (AvgIpc) is 2.69. The molecule has 1 N–H and O–H groups in total. The molecule has 29 heavy (non-hydrogen) atoms. The molecule has 2 fully saturated rings. The molecule has 0 bridgehead atoms. The van der Waals surface area contributed by atoms with Crippen molar-refractivity contribution in [2.75, 3.05) is 44.2 Å². The van der Waals surface area contributed by atoms with Crippen LogP contribution in [0.5, 0.6) is 0 Å². The van der Waals surface area contributed by atoms with Crippen LogP contribution in [-0.4, -0.2) is 61.5 Å². The molecule has 4 atom stereocenters. The SMILES string of the molecule is Cc1ccc(Cl)cc1N1CCN(C[C@@H](O)CO[C@H]2C[C@H](C)CC[C@@H]2C(C)C)CC1. The quantitative estimate of drug-likeness (QED) is 0.696. The number of rotatable bonds is 7. The molecule has 1 aliphatic carbocycles. The molecule has 1 aromatic carbocycles. The zero-order valence-electron chi connectivity index (χ0n) is 18.6. The molecule has 1 aromatic rings. The summed E-state index contributed by atoms with van der Waals surface area (Å²) in [5.74, 6) is 2.01. The first-order chi connectivity index (χ1) is 13.8. The molecule has 0 amide bonds. The first kappa shape index (κ1) is 22.9. The highest BCUT2D eigenvalue weighted by Gasteiger charge is 2.32. The Bertz CT molecular complexity index is 646. The van der Waals surface area contributed by atoms with Crippen LogP contribution in [0.3, 0.4) is 0 Å². The van der Waals surface area contributed by atoms with Crippen LogP contribution >= 0.6 is 11.6 Å². The smallest absolute Gasteiger partial charge is 0.0900 e. The Labute approximate surface area is 182 Å². The van der Waals surface area contributed by atoms with E-state index in [0.717, 1.165) is 43.5 Å². The second-order valence-electron chi connectivity index (χ2n) is 9.57. The van der Waals surface area contributed by atoms with Gasteiger partial charge in [-0.1, -0.05) is 44.9 Å². The topological polar surface area (TPSA) is 35.9 Å². The molecule has 0 aromatic heterocycles. The lowest BCUT2D eigenvalue weighted by molar-refractivity contribution is -0.0740. The van der Waals surface area contributed by atoms with Gasteiger partial charge in [-0.3, -0.25) is 4.90 Å². The minimum atomic E-state index is -0.417. The first-order valence-electron chi connectivity index (χ1n) is 11.4. The third-order valence-electron chi connectivity index (χ3n) is 6.82. The maximum absolute atomic E-state index is 10.6. The first-order valence-corrected chi connectivity index (χ1v) is 11.7. The third-order valence-corrected chi connectivity index (χ3v) is 7.05. The van der Waals surface area contributed by atoms with Crippen LogP contribution in [0.2, 0.25) is 5.02 Å². The predicted molar refractivity (Wildman–Crippen MR) is 122 cm³/mol. The van der Waals surface area contributed by atoms with Crippen LogP contribution in [0, 0.1) is 24.7 Å². The lowest BCUT2D eigenvalue weighted by Gasteiger charge is -2.39. The van der Waals surface area contributed by atoms with E-state index in [1.165, 1.54) is 24.1 Å². The van der Waals surface area contributed by atoms with Crippen LogP contribution in [0.4, 0.5) is 5.69 Å². The summed E-state index contributed by atoms with van der Waals surface area (Å²) in [5, 5.41) is 11.4. The molecule has 164 valence electrons. The summed E-state index contributed by atoms with van der Waals surface area (Å²) in [6.07, 6.45) is 3.58. The highest BCUT2D eigenvalue weighted by molar-refractivity contribution is 6.30. The number of β-amino-alcohol motifs (C(OH)–C–C–N with tert-alkyl or cyclic N) is 1. The van der Waals surface area contributed by atoms with Gasteiger partial charge in [0.15, 0.2) is 0 Å². The monoisotopic (exact) mass is 422 g/mol. The number of anilines is 1. The fourth-order valence-electron chi connectivity index (χ4n) is 4.99. The summed E-state index contributed by atoms with van der Waals surface area (Å²) < 4.78 is 6.25. The van der Waals surface area contributed by atoms with Crippen molar-refractivity contribution in [3.63, 3.8) is 0 Å². The van der Waals surface area contributed by atoms with E-state index in [0.29, 0.717) is 31.1 Å². The summed E-state index contributed by atoms with van der Waals surface area (Å²) >= 11 is 6.19. The number of hydrogen-bond donors (Lipinski definition) is 1. The zero-order valence-corrected chi connectivity index (χ0v) is 19.4. The molecule has 1 saturated heterocycles. The largest absolute Gasteiger partial charge is 0.389 e. The highest BCUT2D eigenvalue weighted by Crippen LogP contribution is 2.35. The second kappa shape index (κ2) is 10.5. The lowest BCUT2D eigenvalue weighted by atomic mass is 9.75. The summed E-state index contributed by atoms with van der Waals surface area (Å²) in [6, 6.07) is 6.09. The number of aliphatic hydroxyl groups excluding tert-OH is 1. The Morgan fingerprint density at radius 2 is 1.90 bits per heavy atom. The minimum absolute atomic E-state index is 0.302. The van der Waals surface area contributed by atoms with Gasteiger partial charge in [-0.05, 0) is 55.2 Å². The Hall–Kier alpha value is -0.810. The number of ether oxygens (including phenoxy) is 1. The van der Waals surface area contributed by atoms with Crippen molar-refractivity contribution < 1.29 is 9.84 Å². The Kier molecular flexibility index (Phi) is 8.26. The number of nitrogens with zero attached hydrogens (tertiary/aromatic N) is 2. The van der Waals surface area contributed by atoms with Gasteiger partial charge in [-0.25, -0.2) is 0 Å².